The first-order chi connectivity index (χ1) is 15.0. The lowest BCUT2D eigenvalue weighted by Gasteiger charge is -2.14. The number of methoxy groups -OCH3 is 1. The second kappa shape index (κ2) is 11.1. The van der Waals surface area contributed by atoms with Gasteiger partial charge in [0.15, 0.2) is 17.6 Å². The van der Waals surface area contributed by atoms with Gasteiger partial charge in [-0.25, -0.2) is 5.43 Å². The van der Waals surface area contributed by atoms with Crippen molar-refractivity contribution in [1.82, 2.24) is 5.43 Å². The summed E-state index contributed by atoms with van der Waals surface area (Å²) in [6.45, 7) is 0.299. The van der Waals surface area contributed by atoms with Gasteiger partial charge in [-0.1, -0.05) is 60.1 Å². The van der Waals surface area contributed by atoms with Crippen LogP contribution in [0.2, 0.25) is 5.02 Å². The van der Waals surface area contributed by atoms with Crippen molar-refractivity contribution in [2.45, 2.75) is 12.7 Å². The molecule has 1 atom stereocenters. The van der Waals surface area contributed by atoms with Crippen LogP contribution in [0.25, 0.3) is 0 Å². The first kappa shape index (κ1) is 23.1. The molecule has 0 aliphatic heterocycles. The Kier molecular flexibility index (Phi) is 8.27. The molecular formula is C23H20ClIN2O4. The van der Waals surface area contributed by atoms with Gasteiger partial charge in [0.05, 0.1) is 16.9 Å². The zero-order valence-corrected chi connectivity index (χ0v) is 19.5. The van der Waals surface area contributed by atoms with Gasteiger partial charge in [0.1, 0.15) is 6.61 Å². The molecule has 3 aromatic rings. The lowest BCUT2D eigenvalue weighted by Crippen LogP contribution is -2.25. The third-order valence-corrected chi connectivity index (χ3v) is 5.50. The largest absolute Gasteiger partial charge is 0.493 e. The lowest BCUT2D eigenvalue weighted by molar-refractivity contribution is -0.129. The van der Waals surface area contributed by atoms with Gasteiger partial charge in [0, 0.05) is 10.6 Å². The van der Waals surface area contributed by atoms with Gasteiger partial charge in [-0.2, -0.15) is 5.10 Å². The van der Waals surface area contributed by atoms with Gasteiger partial charge in [-0.15, -0.1) is 0 Å². The summed E-state index contributed by atoms with van der Waals surface area (Å²) >= 11 is 8.33. The van der Waals surface area contributed by atoms with Crippen LogP contribution in [0, 0.1) is 3.57 Å². The van der Waals surface area contributed by atoms with E-state index in [1.165, 1.54) is 6.21 Å². The Balaban J connectivity index is 1.67. The van der Waals surface area contributed by atoms with Crippen molar-refractivity contribution in [3.8, 4) is 11.5 Å². The highest BCUT2D eigenvalue weighted by atomic mass is 127. The Hall–Kier alpha value is -2.62. The minimum Gasteiger partial charge on any atom is -0.493 e. The average molecular weight is 551 g/mol. The van der Waals surface area contributed by atoms with Crippen molar-refractivity contribution in [2.24, 2.45) is 5.10 Å². The zero-order chi connectivity index (χ0) is 22.2. The summed E-state index contributed by atoms with van der Waals surface area (Å²) in [6, 6.07) is 19.7. The van der Waals surface area contributed by atoms with Crippen LogP contribution in [0.5, 0.6) is 11.5 Å². The van der Waals surface area contributed by atoms with Crippen molar-refractivity contribution >= 4 is 46.3 Å². The minimum atomic E-state index is -1.30. The fourth-order valence-corrected chi connectivity index (χ4v) is 3.71. The Bertz CT molecular complexity index is 1080. The first-order valence-corrected chi connectivity index (χ1v) is 10.7. The fourth-order valence-electron chi connectivity index (χ4n) is 2.74. The second-order valence-electron chi connectivity index (χ2n) is 6.46. The number of carbonyl (C=O) groups is 1. The maximum absolute atomic E-state index is 12.1. The second-order valence-corrected chi connectivity index (χ2v) is 8.03. The molecule has 2 N–H and O–H groups in total. The predicted octanol–water partition coefficient (Wildman–Crippen LogP) is 4.72. The molecule has 0 spiro atoms. The number of amides is 1. The number of halogens is 2. The van der Waals surface area contributed by atoms with E-state index in [4.69, 9.17) is 21.1 Å². The van der Waals surface area contributed by atoms with Gasteiger partial charge in [0.2, 0.25) is 0 Å². The van der Waals surface area contributed by atoms with E-state index in [9.17, 15) is 9.90 Å². The van der Waals surface area contributed by atoms with Crippen molar-refractivity contribution in [3.05, 3.63) is 92.0 Å². The highest BCUT2D eigenvalue weighted by Gasteiger charge is 2.16. The molecule has 0 bridgehead atoms. The molecule has 160 valence electrons. The molecule has 0 fully saturated rings. The van der Waals surface area contributed by atoms with Crippen LogP contribution in [-0.4, -0.2) is 24.3 Å². The molecule has 0 aromatic heterocycles. The molecule has 6 nitrogen and oxygen atoms in total. The summed E-state index contributed by atoms with van der Waals surface area (Å²) in [7, 11) is 1.55. The third-order valence-electron chi connectivity index (χ3n) is 4.33. The summed E-state index contributed by atoms with van der Waals surface area (Å²) in [5.41, 5.74) is 4.40. The van der Waals surface area contributed by atoms with E-state index in [1.807, 2.05) is 36.4 Å². The average Bonchev–Trinajstić information content (AvgIpc) is 2.79. The van der Waals surface area contributed by atoms with Crippen molar-refractivity contribution in [3.63, 3.8) is 0 Å². The molecule has 8 heteroatoms. The van der Waals surface area contributed by atoms with Crippen molar-refractivity contribution in [1.29, 1.82) is 0 Å². The Morgan fingerprint density at radius 1 is 1.19 bits per heavy atom. The number of nitrogens with zero attached hydrogens (tertiary/aromatic N) is 1. The van der Waals surface area contributed by atoms with Gasteiger partial charge >= 0.3 is 0 Å². The first-order valence-electron chi connectivity index (χ1n) is 9.29. The van der Waals surface area contributed by atoms with Crippen LogP contribution < -0.4 is 14.9 Å². The molecule has 0 unspecified atom stereocenters. The molecule has 31 heavy (non-hydrogen) atoms. The van der Waals surface area contributed by atoms with Crippen LogP contribution in [0.1, 0.15) is 22.8 Å². The van der Waals surface area contributed by atoms with Gasteiger partial charge in [0.25, 0.3) is 5.91 Å². The number of hydrogen-bond donors (Lipinski definition) is 2. The van der Waals surface area contributed by atoms with Crippen LogP contribution in [-0.2, 0) is 11.4 Å². The quantitative estimate of drug-likeness (QED) is 0.242. The number of carbonyl (C=O) groups excluding carboxylic acids is 1. The van der Waals surface area contributed by atoms with Gasteiger partial charge in [-0.3, -0.25) is 4.79 Å². The van der Waals surface area contributed by atoms with Crippen molar-refractivity contribution in [2.75, 3.05) is 7.11 Å². The highest BCUT2D eigenvalue weighted by Crippen LogP contribution is 2.34. The molecule has 0 radical (unpaired) electrons. The number of ether oxygens (including phenoxy) is 2. The van der Waals surface area contributed by atoms with Crippen molar-refractivity contribution < 1.29 is 19.4 Å². The smallest absolute Gasteiger partial charge is 0.273 e. The van der Waals surface area contributed by atoms with Gasteiger partial charge in [-0.05, 0) is 51.9 Å². The molecule has 3 aromatic carbocycles. The molecular weight excluding hydrogens is 531 g/mol. The molecule has 3 rings (SSSR count). The highest BCUT2D eigenvalue weighted by molar-refractivity contribution is 14.1. The molecule has 0 saturated heterocycles. The summed E-state index contributed by atoms with van der Waals surface area (Å²) < 4.78 is 12.2. The monoisotopic (exact) mass is 550 g/mol. The Morgan fingerprint density at radius 2 is 1.90 bits per heavy atom. The number of rotatable bonds is 8. The number of benzene rings is 3. The fraction of sp³-hybridized carbons (Fsp3) is 0.130. The lowest BCUT2D eigenvalue weighted by atomic mass is 10.1. The number of aliphatic hydroxyl groups is 1. The molecule has 0 heterocycles. The van der Waals surface area contributed by atoms with Crippen LogP contribution in [0.15, 0.2) is 71.8 Å². The van der Waals surface area contributed by atoms with E-state index < -0.39 is 12.0 Å². The van der Waals surface area contributed by atoms with E-state index >= 15 is 0 Å². The van der Waals surface area contributed by atoms with E-state index in [2.05, 4.69) is 33.1 Å². The van der Waals surface area contributed by atoms with Crippen LogP contribution in [0.3, 0.4) is 0 Å². The number of hydrazone groups is 1. The Morgan fingerprint density at radius 3 is 2.61 bits per heavy atom. The molecule has 0 aliphatic carbocycles. The standard InChI is InChI=1S/C23H20ClIN2O4/c1-30-20-12-15(13-26-27-23(29)21(28)16-7-3-2-4-8-16)11-19(25)22(20)31-14-17-9-5-6-10-18(17)24/h2-13,21,28H,14H2,1H3,(H,27,29)/b26-13-/t21-/m0/s1. The maximum atomic E-state index is 12.1. The Labute approximate surface area is 199 Å². The van der Waals surface area contributed by atoms with Crippen LogP contribution >= 0.6 is 34.2 Å². The zero-order valence-electron chi connectivity index (χ0n) is 16.6. The van der Waals surface area contributed by atoms with E-state index in [0.29, 0.717) is 34.3 Å². The van der Waals surface area contributed by atoms with Gasteiger partial charge < -0.3 is 14.6 Å². The summed E-state index contributed by atoms with van der Waals surface area (Å²) in [4.78, 5) is 12.1. The topological polar surface area (TPSA) is 80.2 Å². The molecule has 1 amide bonds. The molecule has 0 aliphatic rings. The SMILES string of the molecule is COc1cc(/C=N\NC(=O)[C@@H](O)c2ccccc2)cc(I)c1OCc1ccccc1Cl. The third kappa shape index (κ3) is 6.19. The predicted molar refractivity (Wildman–Crippen MR) is 129 cm³/mol. The number of nitrogens with one attached hydrogen (secondary N) is 1. The van der Waals surface area contributed by atoms with Crippen LogP contribution in [0.4, 0.5) is 0 Å². The number of hydrogen-bond acceptors (Lipinski definition) is 5. The summed E-state index contributed by atoms with van der Waals surface area (Å²) in [6.07, 6.45) is 0.173. The molecule has 0 saturated carbocycles. The number of aliphatic hydroxyl groups excluding tert-OH is 1. The van der Waals surface area contributed by atoms with E-state index in [-0.39, 0.29) is 0 Å². The normalized spacial score (nSPS) is 11.9. The van der Waals surface area contributed by atoms with E-state index in [0.717, 1.165) is 9.13 Å². The maximum Gasteiger partial charge on any atom is 0.273 e. The van der Waals surface area contributed by atoms with E-state index in [1.54, 1.807) is 37.4 Å². The summed E-state index contributed by atoms with van der Waals surface area (Å²) in [5.74, 6) is 0.489. The summed E-state index contributed by atoms with van der Waals surface area (Å²) in [5, 5.41) is 14.7. The minimum absolute atomic E-state index is 0.299.